The summed E-state index contributed by atoms with van der Waals surface area (Å²) in [4.78, 5) is 9.17. The van der Waals surface area contributed by atoms with Crippen LogP contribution in [0.15, 0.2) is 67.0 Å². The highest BCUT2D eigenvalue weighted by molar-refractivity contribution is 5.87. The van der Waals surface area contributed by atoms with Crippen molar-refractivity contribution < 1.29 is 0 Å². The maximum Gasteiger partial charge on any atom is 0.138 e. The van der Waals surface area contributed by atoms with Gasteiger partial charge in [0, 0.05) is 35.6 Å². The van der Waals surface area contributed by atoms with E-state index in [4.69, 9.17) is 4.98 Å². The SMILES string of the molecule is C=C1C=Cc2cc(-c3ccnc(NC)c3)c(-c3cccc(C#N)c3)nc2N1. The number of fused-ring (bicyclic) bond motifs is 1. The normalized spacial score (nSPS) is 12.1. The van der Waals surface area contributed by atoms with E-state index in [2.05, 4.69) is 34.3 Å². The fourth-order valence-corrected chi connectivity index (χ4v) is 3.05. The molecule has 1 aliphatic heterocycles. The summed E-state index contributed by atoms with van der Waals surface area (Å²) in [5, 5.41) is 15.6. The number of allylic oxidation sites excluding steroid dienone is 1. The molecule has 27 heavy (non-hydrogen) atoms. The van der Waals surface area contributed by atoms with E-state index < -0.39 is 0 Å². The number of aromatic nitrogens is 2. The molecule has 5 heteroatoms. The first-order chi connectivity index (χ1) is 13.2. The predicted octanol–water partition coefficient (Wildman–Crippen LogP) is 4.68. The summed E-state index contributed by atoms with van der Waals surface area (Å²) in [6, 6.07) is 15.7. The van der Waals surface area contributed by atoms with Crippen molar-refractivity contribution in [3.63, 3.8) is 0 Å². The quantitative estimate of drug-likeness (QED) is 0.717. The van der Waals surface area contributed by atoms with Crippen LogP contribution in [0.4, 0.5) is 11.6 Å². The van der Waals surface area contributed by atoms with Crippen molar-refractivity contribution in [2.75, 3.05) is 17.7 Å². The zero-order chi connectivity index (χ0) is 18.8. The molecule has 4 rings (SSSR count). The second-order valence-corrected chi connectivity index (χ2v) is 6.18. The third kappa shape index (κ3) is 3.16. The van der Waals surface area contributed by atoms with Crippen molar-refractivity contribution in [2.45, 2.75) is 0 Å². The number of nitrogens with one attached hydrogen (secondary N) is 2. The van der Waals surface area contributed by atoms with Gasteiger partial charge in [-0.3, -0.25) is 0 Å². The van der Waals surface area contributed by atoms with Crippen LogP contribution in [0, 0.1) is 11.3 Å². The number of pyridine rings is 2. The summed E-state index contributed by atoms with van der Waals surface area (Å²) in [6.45, 7) is 3.95. The van der Waals surface area contributed by atoms with E-state index in [-0.39, 0.29) is 0 Å². The second kappa shape index (κ2) is 6.77. The number of nitrogens with zero attached hydrogens (tertiary/aromatic N) is 3. The summed E-state index contributed by atoms with van der Waals surface area (Å²) >= 11 is 0. The zero-order valence-corrected chi connectivity index (χ0v) is 14.8. The van der Waals surface area contributed by atoms with E-state index in [9.17, 15) is 5.26 Å². The molecule has 5 nitrogen and oxygen atoms in total. The molecule has 0 saturated carbocycles. The summed E-state index contributed by atoms with van der Waals surface area (Å²) in [5.74, 6) is 1.54. The lowest BCUT2D eigenvalue weighted by Crippen LogP contribution is -2.06. The standard InChI is InChI=1S/C22H17N5/c1-14-6-7-18-11-19(16-8-9-25-20(12-16)24-2)21(27-22(18)26-14)17-5-3-4-15(10-17)13-23/h3-12H,1H2,2H3,(H,24,25)(H,26,27). The zero-order valence-electron chi connectivity index (χ0n) is 14.8. The lowest BCUT2D eigenvalue weighted by molar-refractivity contribution is 1.26. The van der Waals surface area contributed by atoms with Gasteiger partial charge >= 0.3 is 0 Å². The molecular formula is C22H17N5. The smallest absolute Gasteiger partial charge is 0.138 e. The van der Waals surface area contributed by atoms with Crippen molar-refractivity contribution in [2.24, 2.45) is 0 Å². The van der Waals surface area contributed by atoms with Crippen LogP contribution in [-0.2, 0) is 0 Å². The van der Waals surface area contributed by atoms with Crippen LogP contribution in [-0.4, -0.2) is 17.0 Å². The molecule has 130 valence electrons. The van der Waals surface area contributed by atoms with E-state index in [1.165, 1.54) is 0 Å². The molecule has 0 aliphatic carbocycles. The molecule has 0 atom stereocenters. The molecule has 0 unspecified atom stereocenters. The molecule has 2 N–H and O–H groups in total. The van der Waals surface area contributed by atoms with Crippen molar-refractivity contribution in [1.29, 1.82) is 5.26 Å². The van der Waals surface area contributed by atoms with Gasteiger partial charge in [-0.15, -0.1) is 0 Å². The van der Waals surface area contributed by atoms with E-state index in [1.807, 2.05) is 49.5 Å². The Labute approximate surface area is 157 Å². The number of hydrogen-bond acceptors (Lipinski definition) is 5. The van der Waals surface area contributed by atoms with Gasteiger partial charge in [-0.1, -0.05) is 18.7 Å². The fraction of sp³-hybridized carbons (Fsp3) is 0.0455. The highest BCUT2D eigenvalue weighted by Crippen LogP contribution is 2.36. The number of anilines is 2. The van der Waals surface area contributed by atoms with Gasteiger partial charge in [0.05, 0.1) is 17.3 Å². The Hall–Kier alpha value is -3.91. The minimum Gasteiger partial charge on any atom is -0.373 e. The molecule has 0 spiro atoms. The second-order valence-electron chi connectivity index (χ2n) is 6.18. The van der Waals surface area contributed by atoms with Crippen LogP contribution >= 0.6 is 0 Å². The third-order valence-electron chi connectivity index (χ3n) is 4.39. The van der Waals surface area contributed by atoms with Crippen LogP contribution in [0.1, 0.15) is 11.1 Å². The first-order valence-electron chi connectivity index (χ1n) is 8.51. The van der Waals surface area contributed by atoms with Gasteiger partial charge in [-0.05, 0) is 48.0 Å². The number of nitriles is 1. The largest absolute Gasteiger partial charge is 0.373 e. The molecule has 0 fully saturated rings. The Morgan fingerprint density at radius 1 is 1.11 bits per heavy atom. The molecule has 2 aromatic heterocycles. The summed E-state index contributed by atoms with van der Waals surface area (Å²) < 4.78 is 0. The molecule has 0 bridgehead atoms. The lowest BCUT2D eigenvalue weighted by atomic mass is 9.96. The average Bonchev–Trinajstić information content (AvgIpc) is 2.72. The Morgan fingerprint density at radius 2 is 2.00 bits per heavy atom. The molecule has 0 amide bonds. The van der Waals surface area contributed by atoms with Crippen LogP contribution in [0.25, 0.3) is 28.5 Å². The predicted molar refractivity (Wildman–Crippen MR) is 109 cm³/mol. The van der Waals surface area contributed by atoms with E-state index >= 15 is 0 Å². The monoisotopic (exact) mass is 351 g/mol. The summed E-state index contributed by atoms with van der Waals surface area (Å²) in [5.41, 5.74) is 6.04. The summed E-state index contributed by atoms with van der Waals surface area (Å²) in [7, 11) is 1.84. The highest BCUT2D eigenvalue weighted by Gasteiger charge is 2.17. The van der Waals surface area contributed by atoms with Crippen molar-refractivity contribution in [3.05, 3.63) is 78.1 Å². The lowest BCUT2D eigenvalue weighted by Gasteiger charge is -2.18. The molecule has 1 aromatic carbocycles. The minimum atomic E-state index is 0.598. The molecule has 1 aliphatic rings. The number of rotatable bonds is 3. The highest BCUT2D eigenvalue weighted by atomic mass is 15.0. The van der Waals surface area contributed by atoms with Crippen LogP contribution < -0.4 is 10.6 Å². The topological polar surface area (TPSA) is 73.6 Å². The Bertz CT molecular complexity index is 1120. The van der Waals surface area contributed by atoms with Gasteiger partial charge in [0.1, 0.15) is 11.6 Å². The third-order valence-corrected chi connectivity index (χ3v) is 4.39. The van der Waals surface area contributed by atoms with Gasteiger partial charge in [-0.2, -0.15) is 5.26 Å². The maximum atomic E-state index is 9.27. The van der Waals surface area contributed by atoms with Gasteiger partial charge < -0.3 is 10.6 Å². The fourth-order valence-electron chi connectivity index (χ4n) is 3.05. The Morgan fingerprint density at radius 3 is 2.81 bits per heavy atom. The summed E-state index contributed by atoms with van der Waals surface area (Å²) in [6.07, 6.45) is 5.70. The first-order valence-corrected chi connectivity index (χ1v) is 8.51. The Kier molecular flexibility index (Phi) is 4.15. The van der Waals surface area contributed by atoms with Crippen LogP contribution in [0.5, 0.6) is 0 Å². The van der Waals surface area contributed by atoms with Crippen LogP contribution in [0.3, 0.4) is 0 Å². The van der Waals surface area contributed by atoms with Gasteiger partial charge in [-0.25, -0.2) is 9.97 Å². The van der Waals surface area contributed by atoms with Crippen LogP contribution in [0.2, 0.25) is 0 Å². The first kappa shape index (κ1) is 16.6. The molecule has 3 heterocycles. The van der Waals surface area contributed by atoms with Gasteiger partial charge in [0.15, 0.2) is 0 Å². The van der Waals surface area contributed by atoms with Gasteiger partial charge in [0.2, 0.25) is 0 Å². The molecule has 0 saturated heterocycles. The maximum absolute atomic E-state index is 9.27. The minimum absolute atomic E-state index is 0.598. The van der Waals surface area contributed by atoms with E-state index in [1.54, 1.807) is 12.3 Å². The number of benzene rings is 1. The number of hydrogen-bond donors (Lipinski definition) is 2. The Balaban J connectivity index is 1.97. The van der Waals surface area contributed by atoms with Crippen molar-refractivity contribution in [1.82, 2.24) is 9.97 Å². The van der Waals surface area contributed by atoms with Gasteiger partial charge in [0.25, 0.3) is 0 Å². The van der Waals surface area contributed by atoms with Crippen molar-refractivity contribution in [3.8, 4) is 28.5 Å². The van der Waals surface area contributed by atoms with E-state index in [0.29, 0.717) is 5.56 Å². The van der Waals surface area contributed by atoms with E-state index in [0.717, 1.165) is 45.3 Å². The van der Waals surface area contributed by atoms with Crippen molar-refractivity contribution >= 4 is 17.7 Å². The molecule has 3 aromatic rings. The molecular weight excluding hydrogens is 334 g/mol. The molecule has 0 radical (unpaired) electrons. The average molecular weight is 351 g/mol.